The van der Waals surface area contributed by atoms with Crippen LogP contribution in [0.3, 0.4) is 0 Å². The van der Waals surface area contributed by atoms with Crippen molar-refractivity contribution in [2.45, 2.75) is 63.6 Å². The molecule has 0 saturated carbocycles. The summed E-state index contributed by atoms with van der Waals surface area (Å²) in [5.41, 5.74) is 7.98. The zero-order valence-corrected chi connectivity index (χ0v) is 19.4. The second-order valence-corrected chi connectivity index (χ2v) is 9.99. The smallest absolute Gasteiger partial charge is 0.262 e. The lowest BCUT2D eigenvalue weighted by Gasteiger charge is -2.50. The molecule has 0 aliphatic carbocycles. The van der Waals surface area contributed by atoms with E-state index in [1.165, 1.54) is 6.42 Å². The minimum Gasteiger partial charge on any atom is -0.381 e. The van der Waals surface area contributed by atoms with E-state index in [0.717, 1.165) is 55.9 Å². The van der Waals surface area contributed by atoms with E-state index in [0.29, 0.717) is 30.3 Å². The summed E-state index contributed by atoms with van der Waals surface area (Å²) in [6, 6.07) is 4.82. The molecule has 9 heteroatoms. The highest BCUT2D eigenvalue weighted by Crippen LogP contribution is 2.41. The fourth-order valence-electron chi connectivity index (χ4n) is 6.18. The molecule has 4 heterocycles. The second-order valence-electron chi connectivity index (χ2n) is 9.99. The Morgan fingerprint density at radius 3 is 2.53 bits per heavy atom. The average Bonchev–Trinajstić information content (AvgIpc) is 3.09. The molecule has 2 atom stereocenters. The summed E-state index contributed by atoms with van der Waals surface area (Å²) in [7, 11) is 0. The van der Waals surface area contributed by atoms with Gasteiger partial charge in [-0.15, -0.1) is 0 Å². The van der Waals surface area contributed by atoms with Crippen LogP contribution in [-0.2, 0) is 20.9 Å². The number of nitrogens with one attached hydrogen (secondary N) is 1. The van der Waals surface area contributed by atoms with Crippen molar-refractivity contribution in [2.24, 2.45) is 11.1 Å². The number of likely N-dealkylation sites (tertiary alicyclic amines) is 1. The van der Waals surface area contributed by atoms with Crippen molar-refractivity contribution < 1.29 is 23.9 Å². The van der Waals surface area contributed by atoms with Gasteiger partial charge in [0.2, 0.25) is 11.8 Å². The first-order valence-corrected chi connectivity index (χ1v) is 12.3. The number of amides is 4. The van der Waals surface area contributed by atoms with E-state index in [9.17, 15) is 19.2 Å². The summed E-state index contributed by atoms with van der Waals surface area (Å²) in [6.45, 7) is 3.77. The van der Waals surface area contributed by atoms with Gasteiger partial charge in [0.15, 0.2) is 0 Å². The summed E-state index contributed by atoms with van der Waals surface area (Å²) >= 11 is 0. The number of fused-ring (bicyclic) bond motifs is 1. The van der Waals surface area contributed by atoms with Crippen LogP contribution < -0.4 is 11.1 Å². The summed E-state index contributed by atoms with van der Waals surface area (Å²) < 4.78 is 5.62. The monoisotopic (exact) mass is 468 g/mol. The highest BCUT2D eigenvalue weighted by Gasteiger charge is 2.45. The van der Waals surface area contributed by atoms with E-state index in [4.69, 9.17) is 10.5 Å². The molecular formula is C25H32N4O5. The Morgan fingerprint density at radius 2 is 1.79 bits per heavy atom. The van der Waals surface area contributed by atoms with E-state index in [2.05, 4.69) is 10.2 Å². The van der Waals surface area contributed by atoms with Gasteiger partial charge in [0, 0.05) is 37.6 Å². The van der Waals surface area contributed by atoms with Crippen LogP contribution >= 0.6 is 0 Å². The van der Waals surface area contributed by atoms with Crippen LogP contribution in [0.2, 0.25) is 0 Å². The molecule has 1 aromatic rings. The number of carbonyl (C=O) groups excluding carboxylic acids is 4. The van der Waals surface area contributed by atoms with E-state index >= 15 is 0 Å². The molecule has 3 saturated heterocycles. The minimum atomic E-state index is -0.946. The van der Waals surface area contributed by atoms with Crippen LogP contribution in [0, 0.1) is 5.41 Å². The summed E-state index contributed by atoms with van der Waals surface area (Å²) in [5, 5.41) is 2.23. The first-order valence-electron chi connectivity index (χ1n) is 12.3. The molecule has 0 bridgehead atoms. The molecule has 1 aromatic carbocycles. The van der Waals surface area contributed by atoms with Crippen LogP contribution in [0.15, 0.2) is 18.2 Å². The van der Waals surface area contributed by atoms with E-state index < -0.39 is 23.8 Å². The maximum Gasteiger partial charge on any atom is 0.262 e. The molecule has 0 radical (unpaired) electrons. The molecule has 34 heavy (non-hydrogen) atoms. The van der Waals surface area contributed by atoms with Gasteiger partial charge in [0.25, 0.3) is 11.8 Å². The molecule has 182 valence electrons. The van der Waals surface area contributed by atoms with Crippen molar-refractivity contribution in [2.75, 3.05) is 26.3 Å². The zero-order valence-electron chi connectivity index (χ0n) is 19.4. The van der Waals surface area contributed by atoms with Gasteiger partial charge >= 0.3 is 0 Å². The number of nitrogens with two attached hydrogens (primary N) is 1. The second kappa shape index (κ2) is 9.20. The third-order valence-electron chi connectivity index (χ3n) is 8.11. The molecule has 4 aliphatic rings. The Kier molecular flexibility index (Phi) is 6.26. The number of nitrogens with zero attached hydrogens (tertiary/aromatic N) is 2. The van der Waals surface area contributed by atoms with Gasteiger partial charge in [0.1, 0.15) is 6.04 Å². The summed E-state index contributed by atoms with van der Waals surface area (Å²) in [6.07, 6.45) is 5.60. The highest BCUT2D eigenvalue weighted by atomic mass is 16.5. The lowest BCUT2D eigenvalue weighted by molar-refractivity contribution is -0.136. The molecule has 9 nitrogen and oxygen atoms in total. The lowest BCUT2D eigenvalue weighted by atomic mass is 9.70. The molecule has 4 aliphatic heterocycles. The van der Waals surface area contributed by atoms with Crippen LogP contribution in [0.25, 0.3) is 0 Å². The first-order chi connectivity index (χ1) is 16.4. The summed E-state index contributed by atoms with van der Waals surface area (Å²) in [4.78, 5) is 53.5. The molecule has 0 spiro atoms. The minimum absolute atomic E-state index is 0.0454. The van der Waals surface area contributed by atoms with Gasteiger partial charge in [-0.25, -0.2) is 0 Å². The molecule has 2 unspecified atom stereocenters. The largest absolute Gasteiger partial charge is 0.381 e. The molecular weight excluding hydrogens is 436 g/mol. The van der Waals surface area contributed by atoms with Crippen molar-refractivity contribution in [3.05, 3.63) is 34.9 Å². The molecule has 5 rings (SSSR count). The van der Waals surface area contributed by atoms with Gasteiger partial charge in [-0.2, -0.15) is 0 Å². The van der Waals surface area contributed by atoms with E-state index in [1.807, 2.05) is 6.07 Å². The third kappa shape index (κ3) is 3.95. The standard InChI is InChI=1S/C25H32N4O5/c26-15-25(8-11-34-12-9-25)20-3-1-2-10-28(20)14-16-4-5-17-18(13-16)24(33)29(23(17)32)19-6-7-21(30)27-22(19)31/h4-5,13,19-20H,1-3,6-12,14-15,26H2,(H,27,30,31). The lowest BCUT2D eigenvalue weighted by Crippen LogP contribution is -2.55. The van der Waals surface area contributed by atoms with Crippen molar-refractivity contribution in [3.63, 3.8) is 0 Å². The quantitative estimate of drug-likeness (QED) is 0.623. The maximum absolute atomic E-state index is 13.2. The molecule has 0 aromatic heterocycles. The number of imide groups is 2. The normalized spacial score (nSPS) is 27.6. The third-order valence-corrected chi connectivity index (χ3v) is 8.11. The number of carbonyl (C=O) groups is 4. The van der Waals surface area contributed by atoms with E-state index in [1.54, 1.807) is 12.1 Å². The Balaban J connectivity index is 1.37. The van der Waals surface area contributed by atoms with Crippen molar-refractivity contribution >= 4 is 23.6 Å². The number of benzene rings is 1. The van der Waals surface area contributed by atoms with Crippen molar-refractivity contribution in [3.8, 4) is 0 Å². The van der Waals surface area contributed by atoms with Gasteiger partial charge in [-0.1, -0.05) is 12.5 Å². The van der Waals surface area contributed by atoms with Crippen molar-refractivity contribution in [1.29, 1.82) is 0 Å². The Hall–Kier alpha value is -2.62. The predicted octanol–water partition coefficient (Wildman–Crippen LogP) is 1.20. The number of ether oxygens (including phenoxy) is 1. The Labute approximate surface area is 199 Å². The first kappa shape index (κ1) is 23.1. The van der Waals surface area contributed by atoms with Crippen LogP contribution in [0.1, 0.15) is 71.2 Å². The van der Waals surface area contributed by atoms with Gasteiger partial charge in [-0.05, 0) is 62.9 Å². The average molecular weight is 469 g/mol. The van der Waals surface area contributed by atoms with Gasteiger partial charge < -0.3 is 10.5 Å². The summed E-state index contributed by atoms with van der Waals surface area (Å²) in [5.74, 6) is -1.91. The number of hydrogen-bond acceptors (Lipinski definition) is 7. The number of piperidine rings is 2. The molecule has 3 fully saturated rings. The molecule has 3 N–H and O–H groups in total. The van der Waals surface area contributed by atoms with Crippen LogP contribution in [0.4, 0.5) is 0 Å². The SMILES string of the molecule is NCC1(C2CCCCN2Cc2ccc3c(c2)C(=O)N(C2CCC(=O)NC2=O)C3=O)CCOCC1. The number of hydrogen-bond donors (Lipinski definition) is 2. The zero-order chi connectivity index (χ0) is 23.9. The topological polar surface area (TPSA) is 122 Å². The fraction of sp³-hybridized carbons (Fsp3) is 0.600. The Bertz CT molecular complexity index is 1020. The Morgan fingerprint density at radius 1 is 1.03 bits per heavy atom. The predicted molar refractivity (Wildman–Crippen MR) is 123 cm³/mol. The highest BCUT2D eigenvalue weighted by molar-refractivity contribution is 6.23. The van der Waals surface area contributed by atoms with Gasteiger partial charge in [-0.3, -0.25) is 34.3 Å². The number of rotatable bonds is 5. The van der Waals surface area contributed by atoms with Crippen molar-refractivity contribution in [1.82, 2.24) is 15.1 Å². The van der Waals surface area contributed by atoms with Crippen LogP contribution in [-0.4, -0.2) is 71.8 Å². The molecule has 4 amide bonds. The fourth-order valence-corrected chi connectivity index (χ4v) is 6.18. The van der Waals surface area contributed by atoms with Crippen LogP contribution in [0.5, 0.6) is 0 Å². The van der Waals surface area contributed by atoms with Gasteiger partial charge in [0.05, 0.1) is 11.1 Å². The maximum atomic E-state index is 13.2. The van der Waals surface area contributed by atoms with E-state index in [-0.39, 0.29) is 24.2 Å².